The Bertz CT molecular complexity index is 631. The lowest BCUT2D eigenvalue weighted by Crippen LogP contribution is -2.32. The Morgan fingerprint density at radius 3 is 2.48 bits per heavy atom. The molecular formula is C17H18ClNO3S. The minimum atomic E-state index is -0.745. The summed E-state index contributed by atoms with van der Waals surface area (Å²) < 4.78 is 5.34. The van der Waals surface area contributed by atoms with Gasteiger partial charge < -0.3 is 15.2 Å². The highest BCUT2D eigenvalue weighted by molar-refractivity contribution is 7.98. The van der Waals surface area contributed by atoms with Gasteiger partial charge in [-0.3, -0.25) is 4.79 Å². The van der Waals surface area contributed by atoms with E-state index in [1.165, 1.54) is 0 Å². The van der Waals surface area contributed by atoms with E-state index < -0.39 is 6.10 Å². The predicted octanol–water partition coefficient (Wildman–Crippen LogP) is 3.29. The standard InChI is InChI=1S/C17H18ClNO3S/c1-23-15-8-2-12(3-9-15)16(20)10-19-17(21)11-22-14-6-4-13(18)5-7-14/h2-9,16,20H,10-11H2,1H3,(H,19,21)/t16-/m1/s1. The van der Waals surface area contributed by atoms with E-state index in [0.717, 1.165) is 10.5 Å². The molecule has 0 spiro atoms. The molecule has 0 saturated heterocycles. The van der Waals surface area contributed by atoms with Crippen LogP contribution >= 0.6 is 23.4 Å². The predicted molar refractivity (Wildman–Crippen MR) is 93.1 cm³/mol. The van der Waals surface area contributed by atoms with Crippen molar-refractivity contribution in [3.63, 3.8) is 0 Å². The quantitative estimate of drug-likeness (QED) is 0.751. The fourth-order valence-corrected chi connectivity index (χ4v) is 2.42. The van der Waals surface area contributed by atoms with Gasteiger partial charge in [0.2, 0.25) is 0 Å². The van der Waals surface area contributed by atoms with Crippen LogP contribution in [-0.2, 0) is 4.79 Å². The summed E-state index contributed by atoms with van der Waals surface area (Å²) in [5.41, 5.74) is 0.765. The average molecular weight is 352 g/mol. The summed E-state index contributed by atoms with van der Waals surface area (Å²) in [7, 11) is 0. The molecule has 0 aliphatic heterocycles. The third kappa shape index (κ3) is 5.78. The second-order valence-corrected chi connectivity index (χ2v) is 6.15. The van der Waals surface area contributed by atoms with E-state index in [1.807, 2.05) is 30.5 Å². The van der Waals surface area contributed by atoms with E-state index in [1.54, 1.807) is 36.0 Å². The number of aliphatic hydroxyl groups excluding tert-OH is 1. The molecule has 2 rings (SSSR count). The molecule has 1 amide bonds. The summed E-state index contributed by atoms with van der Waals surface area (Å²) in [5.74, 6) is 0.275. The zero-order chi connectivity index (χ0) is 16.7. The number of carbonyl (C=O) groups excluding carboxylic acids is 1. The maximum absolute atomic E-state index is 11.7. The first-order valence-electron chi connectivity index (χ1n) is 7.05. The van der Waals surface area contributed by atoms with E-state index in [2.05, 4.69) is 5.32 Å². The van der Waals surface area contributed by atoms with Crippen LogP contribution in [0, 0.1) is 0 Å². The number of aliphatic hydroxyl groups is 1. The Morgan fingerprint density at radius 1 is 1.22 bits per heavy atom. The highest BCUT2D eigenvalue weighted by Crippen LogP contribution is 2.19. The molecular weight excluding hydrogens is 334 g/mol. The summed E-state index contributed by atoms with van der Waals surface area (Å²) in [6.45, 7) is 0.0290. The molecule has 0 aliphatic rings. The molecule has 0 radical (unpaired) electrons. The lowest BCUT2D eigenvalue weighted by molar-refractivity contribution is -0.123. The third-order valence-corrected chi connectivity index (χ3v) is 4.17. The van der Waals surface area contributed by atoms with Crippen molar-refractivity contribution in [2.75, 3.05) is 19.4 Å². The number of carbonyl (C=O) groups is 1. The normalized spacial score (nSPS) is 11.8. The number of thioether (sulfide) groups is 1. The van der Waals surface area contributed by atoms with Gasteiger partial charge in [-0.25, -0.2) is 0 Å². The van der Waals surface area contributed by atoms with E-state index in [0.29, 0.717) is 10.8 Å². The first-order chi connectivity index (χ1) is 11.1. The van der Waals surface area contributed by atoms with Crippen molar-refractivity contribution in [1.82, 2.24) is 5.32 Å². The van der Waals surface area contributed by atoms with Gasteiger partial charge in [-0.05, 0) is 48.2 Å². The molecule has 0 unspecified atom stereocenters. The van der Waals surface area contributed by atoms with E-state index >= 15 is 0 Å². The number of hydrogen-bond acceptors (Lipinski definition) is 4. The van der Waals surface area contributed by atoms with Crippen LogP contribution in [0.5, 0.6) is 5.75 Å². The Balaban J connectivity index is 1.75. The topological polar surface area (TPSA) is 58.6 Å². The molecule has 2 aromatic rings. The molecule has 0 bridgehead atoms. The highest BCUT2D eigenvalue weighted by Gasteiger charge is 2.10. The fraction of sp³-hybridized carbons (Fsp3) is 0.235. The molecule has 2 N–H and O–H groups in total. The van der Waals surface area contributed by atoms with Crippen LogP contribution in [0.25, 0.3) is 0 Å². The Hall–Kier alpha value is -1.69. The molecule has 2 aromatic carbocycles. The fourth-order valence-electron chi connectivity index (χ4n) is 1.89. The van der Waals surface area contributed by atoms with Crippen molar-refractivity contribution < 1.29 is 14.6 Å². The molecule has 6 heteroatoms. The minimum absolute atomic E-state index is 0.111. The number of benzene rings is 2. The molecule has 23 heavy (non-hydrogen) atoms. The summed E-state index contributed by atoms with van der Waals surface area (Å²) in [5, 5.41) is 13.3. The molecule has 0 aliphatic carbocycles. The molecule has 0 heterocycles. The second-order valence-electron chi connectivity index (χ2n) is 4.84. The van der Waals surface area contributed by atoms with Crippen molar-refractivity contribution in [1.29, 1.82) is 0 Å². The van der Waals surface area contributed by atoms with Crippen LogP contribution in [0.3, 0.4) is 0 Å². The van der Waals surface area contributed by atoms with Crippen LogP contribution < -0.4 is 10.1 Å². The van der Waals surface area contributed by atoms with Gasteiger partial charge in [-0.15, -0.1) is 11.8 Å². The molecule has 0 fully saturated rings. The largest absolute Gasteiger partial charge is 0.484 e. The van der Waals surface area contributed by atoms with Crippen LogP contribution in [0.2, 0.25) is 5.02 Å². The zero-order valence-electron chi connectivity index (χ0n) is 12.7. The summed E-state index contributed by atoms with van der Waals surface area (Å²) in [6.07, 6.45) is 1.25. The Labute approximate surface area is 144 Å². The minimum Gasteiger partial charge on any atom is -0.484 e. The maximum atomic E-state index is 11.7. The van der Waals surface area contributed by atoms with Crippen LogP contribution in [0.1, 0.15) is 11.7 Å². The number of nitrogens with one attached hydrogen (secondary N) is 1. The molecule has 0 saturated carbocycles. The van der Waals surface area contributed by atoms with Crippen molar-refractivity contribution in [2.45, 2.75) is 11.0 Å². The zero-order valence-corrected chi connectivity index (χ0v) is 14.2. The Kier molecular flexibility index (Phi) is 6.77. The SMILES string of the molecule is CSc1ccc([C@H](O)CNC(=O)COc2ccc(Cl)cc2)cc1. The summed E-state index contributed by atoms with van der Waals surface area (Å²) in [6, 6.07) is 14.4. The van der Waals surface area contributed by atoms with Crippen molar-refractivity contribution in [3.8, 4) is 5.75 Å². The van der Waals surface area contributed by atoms with Gasteiger partial charge in [-0.1, -0.05) is 23.7 Å². The molecule has 1 atom stereocenters. The lowest BCUT2D eigenvalue weighted by Gasteiger charge is -2.13. The first-order valence-corrected chi connectivity index (χ1v) is 8.66. The van der Waals surface area contributed by atoms with Crippen LogP contribution in [-0.4, -0.2) is 30.4 Å². The second kappa shape index (κ2) is 8.82. The number of rotatable bonds is 7. The molecule has 4 nitrogen and oxygen atoms in total. The van der Waals surface area contributed by atoms with Gasteiger partial charge in [0.1, 0.15) is 5.75 Å². The van der Waals surface area contributed by atoms with Crippen molar-refractivity contribution in [2.24, 2.45) is 0 Å². The number of amides is 1. The van der Waals surface area contributed by atoms with Gasteiger partial charge in [0.05, 0.1) is 6.10 Å². The summed E-state index contributed by atoms with van der Waals surface area (Å²) >= 11 is 7.41. The van der Waals surface area contributed by atoms with E-state index in [4.69, 9.17) is 16.3 Å². The first kappa shape index (κ1) is 17.7. The smallest absolute Gasteiger partial charge is 0.258 e. The van der Waals surface area contributed by atoms with Crippen molar-refractivity contribution in [3.05, 3.63) is 59.1 Å². The van der Waals surface area contributed by atoms with Crippen LogP contribution in [0.4, 0.5) is 0 Å². The molecule has 122 valence electrons. The average Bonchev–Trinajstić information content (AvgIpc) is 2.59. The van der Waals surface area contributed by atoms with Crippen molar-refractivity contribution >= 4 is 29.3 Å². The van der Waals surface area contributed by atoms with Gasteiger partial charge in [0, 0.05) is 16.5 Å². The molecule has 0 aromatic heterocycles. The van der Waals surface area contributed by atoms with Gasteiger partial charge in [0.15, 0.2) is 6.61 Å². The Morgan fingerprint density at radius 2 is 1.87 bits per heavy atom. The van der Waals surface area contributed by atoms with Gasteiger partial charge in [-0.2, -0.15) is 0 Å². The lowest BCUT2D eigenvalue weighted by atomic mass is 10.1. The number of ether oxygens (including phenoxy) is 1. The third-order valence-electron chi connectivity index (χ3n) is 3.18. The van der Waals surface area contributed by atoms with Gasteiger partial charge >= 0.3 is 0 Å². The van der Waals surface area contributed by atoms with E-state index in [9.17, 15) is 9.90 Å². The maximum Gasteiger partial charge on any atom is 0.258 e. The number of hydrogen-bond donors (Lipinski definition) is 2. The van der Waals surface area contributed by atoms with E-state index in [-0.39, 0.29) is 19.1 Å². The highest BCUT2D eigenvalue weighted by atomic mass is 35.5. The number of halogens is 1. The monoisotopic (exact) mass is 351 g/mol. The summed E-state index contributed by atoms with van der Waals surface area (Å²) in [4.78, 5) is 12.9. The van der Waals surface area contributed by atoms with Gasteiger partial charge in [0.25, 0.3) is 5.91 Å². The van der Waals surface area contributed by atoms with Crippen LogP contribution in [0.15, 0.2) is 53.4 Å².